The average Bonchev–Trinajstić information content (AvgIpc) is 3.66. The molecule has 0 atom stereocenters. The number of hydrogen-bond acceptors (Lipinski definition) is 3. The lowest BCUT2D eigenvalue weighted by atomic mass is 9.75. The topological polar surface area (TPSA) is 43.6 Å². The minimum atomic E-state index is -0.741. The number of nitrogens with zero attached hydrogens (tertiary/aromatic N) is 4. The first kappa shape index (κ1) is 24.7. The molecule has 5 heteroatoms. The second-order valence-electron chi connectivity index (χ2n) is 10.3. The van der Waals surface area contributed by atoms with Crippen molar-refractivity contribution in [1.82, 2.24) is 20.2 Å². The molecule has 1 saturated carbocycles. The lowest BCUT2D eigenvalue weighted by Gasteiger charge is -2.34. The van der Waals surface area contributed by atoms with Crippen molar-refractivity contribution in [1.29, 1.82) is 0 Å². The number of aromatic nitrogens is 4. The van der Waals surface area contributed by atoms with Crippen LogP contribution in [0.5, 0.6) is 0 Å². The highest BCUT2D eigenvalue weighted by molar-refractivity contribution is 9.08. The largest absolute Gasteiger partial charge is 0.175 e. The van der Waals surface area contributed by atoms with E-state index in [1.165, 1.54) is 24.0 Å². The van der Waals surface area contributed by atoms with Gasteiger partial charge in [-0.25, -0.2) is 0 Å². The minimum absolute atomic E-state index is 0.0492. The van der Waals surface area contributed by atoms with Gasteiger partial charge in [-0.1, -0.05) is 144 Å². The Kier molecular flexibility index (Phi) is 6.94. The van der Waals surface area contributed by atoms with Gasteiger partial charge < -0.3 is 0 Å². The van der Waals surface area contributed by atoms with E-state index in [1.807, 2.05) is 4.80 Å². The highest BCUT2D eigenvalue weighted by atomic mass is 79.9. The Bertz CT molecular complexity index is 1360. The van der Waals surface area contributed by atoms with Crippen LogP contribution >= 0.6 is 15.9 Å². The molecule has 0 aliphatic heterocycles. The summed E-state index contributed by atoms with van der Waals surface area (Å²) in [5.41, 5.74) is 5.29. The number of halogens is 1. The van der Waals surface area contributed by atoms with Gasteiger partial charge in [0.2, 0.25) is 0 Å². The van der Waals surface area contributed by atoms with Gasteiger partial charge in [-0.3, -0.25) is 0 Å². The summed E-state index contributed by atoms with van der Waals surface area (Å²) >= 11 is 3.58. The van der Waals surface area contributed by atoms with E-state index in [1.54, 1.807) is 0 Å². The van der Waals surface area contributed by atoms with Gasteiger partial charge in [-0.2, -0.15) is 0 Å². The molecule has 1 fully saturated rings. The van der Waals surface area contributed by atoms with Crippen molar-refractivity contribution in [3.63, 3.8) is 0 Å². The van der Waals surface area contributed by atoms with Crippen molar-refractivity contribution in [2.75, 3.05) is 0 Å². The SMILES string of the molecule is BrCc1ccc(C2(Cc3nnn(C(c4ccccc4)(c4ccccc4)c4ccccc4)n3)CCCC2)cc1. The van der Waals surface area contributed by atoms with Gasteiger partial charge in [0, 0.05) is 17.2 Å². The van der Waals surface area contributed by atoms with Gasteiger partial charge in [0.15, 0.2) is 11.4 Å². The molecule has 0 amide bonds. The summed E-state index contributed by atoms with van der Waals surface area (Å²) in [6.07, 6.45) is 5.55. The van der Waals surface area contributed by atoms with Crippen LogP contribution in [0.15, 0.2) is 115 Å². The van der Waals surface area contributed by atoms with Crippen molar-refractivity contribution in [2.45, 2.75) is 48.4 Å². The lowest BCUT2D eigenvalue weighted by molar-refractivity contribution is 0.388. The molecule has 0 bridgehead atoms. The Morgan fingerprint density at radius 3 is 1.66 bits per heavy atom. The first-order chi connectivity index (χ1) is 18.7. The third kappa shape index (κ3) is 4.39. The van der Waals surface area contributed by atoms with E-state index in [9.17, 15) is 0 Å². The molecule has 38 heavy (non-hydrogen) atoms. The molecule has 5 aromatic rings. The lowest BCUT2D eigenvalue weighted by Crippen LogP contribution is -2.39. The molecule has 1 aromatic heterocycles. The number of hydrogen-bond donors (Lipinski definition) is 0. The first-order valence-corrected chi connectivity index (χ1v) is 14.5. The fraction of sp³-hybridized carbons (Fsp3) is 0.242. The smallest absolute Gasteiger partial charge is 0.144 e. The van der Waals surface area contributed by atoms with Gasteiger partial charge >= 0.3 is 0 Å². The summed E-state index contributed by atoms with van der Waals surface area (Å²) < 4.78 is 0. The molecule has 4 aromatic carbocycles. The van der Waals surface area contributed by atoms with Crippen LogP contribution in [0, 0.1) is 0 Å². The van der Waals surface area contributed by atoms with E-state index in [4.69, 9.17) is 15.4 Å². The molecule has 1 aliphatic rings. The van der Waals surface area contributed by atoms with Crippen LogP contribution in [0.1, 0.15) is 59.3 Å². The van der Waals surface area contributed by atoms with E-state index in [0.29, 0.717) is 0 Å². The number of benzene rings is 4. The van der Waals surface area contributed by atoms with E-state index in [-0.39, 0.29) is 5.41 Å². The van der Waals surface area contributed by atoms with Crippen LogP contribution in [0.3, 0.4) is 0 Å². The summed E-state index contributed by atoms with van der Waals surface area (Å²) in [7, 11) is 0. The first-order valence-electron chi connectivity index (χ1n) is 13.4. The molecule has 0 N–H and O–H groups in total. The highest BCUT2D eigenvalue weighted by Crippen LogP contribution is 2.44. The predicted molar refractivity (Wildman–Crippen MR) is 155 cm³/mol. The molecule has 1 heterocycles. The van der Waals surface area contributed by atoms with Crippen LogP contribution in [-0.2, 0) is 22.7 Å². The Morgan fingerprint density at radius 2 is 1.18 bits per heavy atom. The second kappa shape index (κ2) is 10.7. The molecule has 190 valence electrons. The highest BCUT2D eigenvalue weighted by Gasteiger charge is 2.42. The number of rotatable bonds is 8. The van der Waals surface area contributed by atoms with Gasteiger partial charge in [0.05, 0.1) is 0 Å². The molecule has 0 radical (unpaired) electrons. The Morgan fingerprint density at radius 1 is 0.684 bits per heavy atom. The Labute approximate surface area is 232 Å². The summed E-state index contributed by atoms with van der Waals surface area (Å²) in [5, 5.41) is 15.5. The van der Waals surface area contributed by atoms with Gasteiger partial charge in [-0.15, -0.1) is 15.0 Å². The standard InChI is InChI=1S/C33H31BrN4/c34-25-26-18-20-27(21-19-26)32(22-10-11-23-32)24-31-35-37-38(36-31)33(28-12-4-1-5-13-28,29-14-6-2-7-15-29)30-16-8-3-9-17-30/h1-9,12-21H,10-11,22-25H2. The Hall–Kier alpha value is -3.57. The summed E-state index contributed by atoms with van der Waals surface area (Å²) in [4.78, 5) is 1.85. The molecule has 1 aliphatic carbocycles. The van der Waals surface area contributed by atoms with E-state index < -0.39 is 5.54 Å². The van der Waals surface area contributed by atoms with Crippen LogP contribution in [0.2, 0.25) is 0 Å². The van der Waals surface area contributed by atoms with Crippen molar-refractivity contribution < 1.29 is 0 Å². The van der Waals surface area contributed by atoms with Gasteiger partial charge in [0.1, 0.15) is 0 Å². The van der Waals surface area contributed by atoms with Crippen molar-refractivity contribution in [2.24, 2.45) is 0 Å². The maximum atomic E-state index is 5.17. The van der Waals surface area contributed by atoms with Crippen LogP contribution in [0.25, 0.3) is 0 Å². The van der Waals surface area contributed by atoms with Crippen LogP contribution in [-0.4, -0.2) is 20.2 Å². The van der Waals surface area contributed by atoms with Crippen LogP contribution < -0.4 is 0 Å². The fourth-order valence-electron chi connectivity index (χ4n) is 6.21. The zero-order valence-corrected chi connectivity index (χ0v) is 23.0. The third-order valence-corrected chi connectivity index (χ3v) is 8.75. The monoisotopic (exact) mass is 562 g/mol. The zero-order valence-electron chi connectivity index (χ0n) is 21.4. The van der Waals surface area contributed by atoms with E-state index in [2.05, 4.69) is 131 Å². The van der Waals surface area contributed by atoms with E-state index >= 15 is 0 Å². The molecule has 0 spiro atoms. The maximum Gasteiger partial charge on any atom is 0.175 e. The van der Waals surface area contributed by atoms with Crippen LogP contribution in [0.4, 0.5) is 0 Å². The van der Waals surface area contributed by atoms with Crippen molar-refractivity contribution >= 4 is 15.9 Å². The average molecular weight is 564 g/mol. The van der Waals surface area contributed by atoms with Gasteiger partial charge in [0.25, 0.3) is 0 Å². The quantitative estimate of drug-likeness (QED) is 0.145. The Balaban J connectivity index is 1.48. The third-order valence-electron chi connectivity index (χ3n) is 8.11. The summed E-state index contributed by atoms with van der Waals surface area (Å²) in [6.45, 7) is 0. The molecule has 0 unspecified atom stereocenters. The zero-order chi connectivity index (χ0) is 25.8. The normalized spacial score (nSPS) is 15.0. The molecular weight excluding hydrogens is 532 g/mol. The second-order valence-corrected chi connectivity index (χ2v) is 10.9. The maximum absolute atomic E-state index is 5.17. The molecule has 6 rings (SSSR count). The van der Waals surface area contributed by atoms with Crippen molar-refractivity contribution in [3.05, 3.63) is 149 Å². The minimum Gasteiger partial charge on any atom is -0.144 e. The molecular formula is C33H31BrN4. The molecule has 4 nitrogen and oxygen atoms in total. The summed E-state index contributed by atoms with van der Waals surface area (Å²) in [5.74, 6) is 0.795. The number of tetrazole rings is 1. The van der Waals surface area contributed by atoms with Crippen molar-refractivity contribution in [3.8, 4) is 0 Å². The van der Waals surface area contributed by atoms with E-state index in [0.717, 1.165) is 47.1 Å². The van der Waals surface area contributed by atoms with Gasteiger partial charge in [-0.05, 0) is 45.9 Å². The fourth-order valence-corrected chi connectivity index (χ4v) is 6.58. The molecule has 0 saturated heterocycles. The predicted octanol–water partition coefficient (Wildman–Crippen LogP) is 7.46. The summed E-state index contributed by atoms with van der Waals surface area (Å²) in [6, 6.07) is 40.7. The number of alkyl halides is 1.